The van der Waals surface area contributed by atoms with Gasteiger partial charge >= 0.3 is 11.9 Å². The Kier molecular flexibility index (Phi) is 14.4. The van der Waals surface area contributed by atoms with E-state index in [9.17, 15) is 9.59 Å². The lowest BCUT2D eigenvalue weighted by Gasteiger charge is -1.83. The summed E-state index contributed by atoms with van der Waals surface area (Å²) in [6, 6.07) is 0. The van der Waals surface area contributed by atoms with Gasteiger partial charge in [0.25, 0.3) is 0 Å². The predicted molar refractivity (Wildman–Crippen MR) is 56.4 cm³/mol. The molecule has 0 heterocycles. The molecule has 0 aliphatic carbocycles. The van der Waals surface area contributed by atoms with Crippen molar-refractivity contribution >= 4 is 23.3 Å². The minimum Gasteiger partial charge on any atom is -0.750 e. The summed E-state index contributed by atoms with van der Waals surface area (Å²) in [5.74, 6) is -1.87. The van der Waals surface area contributed by atoms with Gasteiger partial charge in [-0.05, 0) is 13.8 Å². The Morgan fingerprint density at radius 1 is 1.06 bits per heavy atom. The first-order valence-electron chi connectivity index (χ1n) is 3.58. The van der Waals surface area contributed by atoms with Crippen LogP contribution < -0.4 is 0 Å². The summed E-state index contributed by atoms with van der Waals surface area (Å²) >= 11 is -2.86. The number of hydrogen-bond acceptors (Lipinski definition) is 4. The summed E-state index contributed by atoms with van der Waals surface area (Å²) in [6.07, 6.45) is 0. The lowest BCUT2D eigenvalue weighted by molar-refractivity contribution is -0.133. The van der Waals surface area contributed by atoms with Crippen LogP contribution in [0.1, 0.15) is 13.8 Å². The van der Waals surface area contributed by atoms with Crippen molar-refractivity contribution in [2.24, 2.45) is 0 Å². The van der Waals surface area contributed by atoms with Crippen molar-refractivity contribution in [1.29, 1.82) is 0 Å². The molecule has 0 rings (SSSR count). The van der Waals surface area contributed by atoms with Crippen molar-refractivity contribution in [2.75, 3.05) is 0 Å². The van der Waals surface area contributed by atoms with E-state index in [0.717, 1.165) is 0 Å². The molecule has 0 aromatic heterocycles. The van der Waals surface area contributed by atoms with E-state index in [2.05, 4.69) is 13.2 Å². The number of hydrogen-bond donors (Lipinski definition) is 3. The number of carboxylic acid groups (broad SMARTS) is 2. The molecular formula is C8H13O7S-. The van der Waals surface area contributed by atoms with E-state index >= 15 is 0 Å². The summed E-state index contributed by atoms with van der Waals surface area (Å²) in [5.41, 5.74) is 0.352. The molecule has 3 N–H and O–H groups in total. The molecule has 0 fully saturated rings. The van der Waals surface area contributed by atoms with Crippen LogP contribution in [0.5, 0.6) is 0 Å². The molecular weight excluding hydrogens is 240 g/mol. The zero-order valence-corrected chi connectivity index (χ0v) is 9.61. The maximum atomic E-state index is 9.60. The molecule has 0 amide bonds. The van der Waals surface area contributed by atoms with Gasteiger partial charge in [0.1, 0.15) is 0 Å². The average molecular weight is 253 g/mol. The molecule has 0 saturated carbocycles. The van der Waals surface area contributed by atoms with Crippen LogP contribution in [0.25, 0.3) is 0 Å². The van der Waals surface area contributed by atoms with Gasteiger partial charge in [0.05, 0.1) is 11.4 Å². The van der Waals surface area contributed by atoms with Crippen molar-refractivity contribution in [3.63, 3.8) is 0 Å². The van der Waals surface area contributed by atoms with E-state index in [4.69, 9.17) is 23.5 Å². The maximum absolute atomic E-state index is 9.60. The molecule has 8 heteroatoms. The van der Waals surface area contributed by atoms with Gasteiger partial charge in [0, 0.05) is 11.1 Å². The van der Waals surface area contributed by atoms with Crippen LogP contribution in [0.3, 0.4) is 0 Å². The van der Waals surface area contributed by atoms with Crippen molar-refractivity contribution in [2.45, 2.75) is 13.8 Å². The monoisotopic (exact) mass is 253 g/mol. The van der Waals surface area contributed by atoms with Crippen molar-refractivity contribution in [1.82, 2.24) is 0 Å². The minimum absolute atomic E-state index is 0.176. The van der Waals surface area contributed by atoms with Crippen LogP contribution in [0.2, 0.25) is 0 Å². The Morgan fingerprint density at radius 2 is 1.12 bits per heavy atom. The molecule has 0 aliphatic rings. The van der Waals surface area contributed by atoms with Crippen LogP contribution in [0.4, 0.5) is 0 Å². The van der Waals surface area contributed by atoms with Gasteiger partial charge in [-0.3, -0.25) is 0 Å². The quantitative estimate of drug-likeness (QED) is 0.485. The lowest BCUT2D eigenvalue weighted by Crippen LogP contribution is -1.92. The highest BCUT2D eigenvalue weighted by Gasteiger charge is 1.90. The molecule has 0 aromatic carbocycles. The van der Waals surface area contributed by atoms with Gasteiger partial charge in [-0.25, -0.2) is 13.8 Å². The second-order valence-electron chi connectivity index (χ2n) is 2.39. The predicted octanol–water partition coefficient (Wildman–Crippen LogP) is 0.633. The largest absolute Gasteiger partial charge is 0.750 e. The van der Waals surface area contributed by atoms with Gasteiger partial charge in [-0.15, -0.1) is 0 Å². The Morgan fingerprint density at radius 3 is 1.12 bits per heavy atom. The highest BCUT2D eigenvalue weighted by Crippen LogP contribution is 1.81. The summed E-state index contributed by atoms with van der Waals surface area (Å²) in [4.78, 5) is 19.2. The molecule has 0 bridgehead atoms. The maximum Gasteiger partial charge on any atom is 0.330 e. The van der Waals surface area contributed by atoms with Crippen LogP contribution in [-0.2, 0) is 21.0 Å². The molecule has 0 aliphatic heterocycles. The Labute approximate surface area is 95.2 Å². The Hall–Kier alpha value is -1.51. The number of aliphatic carboxylic acids is 2. The topological polar surface area (TPSA) is 135 Å². The molecule has 0 aromatic rings. The van der Waals surface area contributed by atoms with Gasteiger partial charge in [-0.2, -0.15) is 0 Å². The van der Waals surface area contributed by atoms with E-state index < -0.39 is 23.3 Å². The highest BCUT2D eigenvalue weighted by atomic mass is 32.2. The normalized spacial score (nSPS) is 9.50. The van der Waals surface area contributed by atoms with E-state index in [1.807, 2.05) is 0 Å². The Balaban J connectivity index is -0.000000162. The minimum atomic E-state index is -2.86. The highest BCUT2D eigenvalue weighted by molar-refractivity contribution is 7.73. The molecule has 16 heavy (non-hydrogen) atoms. The van der Waals surface area contributed by atoms with Crippen molar-refractivity contribution in [3.8, 4) is 0 Å². The molecule has 0 saturated heterocycles. The Bertz CT molecular complexity index is 243. The van der Waals surface area contributed by atoms with Gasteiger partial charge in [-0.1, -0.05) is 13.2 Å². The number of rotatable bonds is 2. The fourth-order valence-corrected chi connectivity index (χ4v) is 0. The fourth-order valence-electron chi connectivity index (χ4n) is 0. The standard InChI is InChI=1S/2C4H6O2.H2O3S/c2*1-3(2)4(5)6;1-4(2)3/h2*1H2,2H3,(H,5,6);(H2,1,2,3)/p-1. The molecule has 1 atom stereocenters. The van der Waals surface area contributed by atoms with E-state index in [-0.39, 0.29) is 11.1 Å². The third-order valence-electron chi connectivity index (χ3n) is 0.730. The van der Waals surface area contributed by atoms with Gasteiger partial charge < -0.3 is 19.3 Å². The third-order valence-corrected chi connectivity index (χ3v) is 0.730. The molecule has 1 unspecified atom stereocenters. The van der Waals surface area contributed by atoms with Gasteiger partial charge in [0.2, 0.25) is 0 Å². The van der Waals surface area contributed by atoms with Gasteiger partial charge in [0.15, 0.2) is 0 Å². The van der Waals surface area contributed by atoms with Crippen LogP contribution in [0.15, 0.2) is 24.3 Å². The summed E-state index contributed by atoms with van der Waals surface area (Å²) < 4.78 is 24.1. The average Bonchev–Trinajstić information content (AvgIpc) is 2.03. The van der Waals surface area contributed by atoms with E-state index in [1.165, 1.54) is 13.8 Å². The van der Waals surface area contributed by atoms with Crippen LogP contribution in [0, 0.1) is 0 Å². The SMILES string of the molecule is C=C(C)C(=O)O.C=C(C)C(=O)O.O=S([O-])O. The third kappa shape index (κ3) is 39.1. The van der Waals surface area contributed by atoms with Crippen LogP contribution in [-0.4, -0.2) is 35.5 Å². The van der Waals surface area contributed by atoms with Crippen LogP contribution >= 0.6 is 0 Å². The number of carbonyl (C=O) groups is 2. The molecule has 0 radical (unpaired) electrons. The number of carboxylic acids is 2. The molecule has 7 nitrogen and oxygen atoms in total. The first-order valence-corrected chi connectivity index (χ1v) is 4.61. The second kappa shape index (κ2) is 11.6. The van der Waals surface area contributed by atoms with E-state index in [1.54, 1.807) is 0 Å². The second-order valence-corrected chi connectivity index (χ2v) is 2.82. The summed E-state index contributed by atoms with van der Waals surface area (Å²) in [7, 11) is 0. The smallest absolute Gasteiger partial charge is 0.330 e. The fraction of sp³-hybridized carbons (Fsp3) is 0.250. The van der Waals surface area contributed by atoms with Crippen molar-refractivity contribution in [3.05, 3.63) is 24.3 Å². The first kappa shape index (κ1) is 20.0. The lowest BCUT2D eigenvalue weighted by atomic mass is 10.4. The molecule has 0 spiro atoms. The summed E-state index contributed by atoms with van der Waals surface area (Å²) in [5, 5.41) is 15.8. The summed E-state index contributed by atoms with van der Waals surface area (Å²) in [6.45, 7) is 9.20. The van der Waals surface area contributed by atoms with Crippen molar-refractivity contribution < 1.29 is 33.1 Å². The zero-order chi connectivity index (χ0) is 13.9. The first-order chi connectivity index (χ1) is 7.02. The van der Waals surface area contributed by atoms with E-state index in [0.29, 0.717) is 0 Å². The zero-order valence-electron chi connectivity index (χ0n) is 8.80. The molecule has 94 valence electrons.